The monoisotopic (exact) mass is 240 g/mol. The predicted octanol–water partition coefficient (Wildman–Crippen LogP) is 1.57. The molecule has 1 aromatic rings. The number of amides is 1. The molecule has 86 valence electrons. The molecule has 0 aliphatic rings. The number of hydrogen-bond donors (Lipinski definition) is 1. The van der Waals surface area contributed by atoms with Crippen LogP contribution in [0.4, 0.5) is 4.39 Å². The fourth-order valence-electron chi connectivity index (χ4n) is 1.16. The largest absolute Gasteiger partial charge is 0.392 e. The summed E-state index contributed by atoms with van der Waals surface area (Å²) in [6.45, 7) is 1.74. The number of halogens is 1. The van der Waals surface area contributed by atoms with Crippen molar-refractivity contribution >= 4 is 23.1 Å². The van der Waals surface area contributed by atoms with E-state index in [2.05, 4.69) is 0 Å². The molecule has 2 N–H and O–H groups in total. The molecule has 0 saturated heterocycles. The molecule has 5 heteroatoms. The molecule has 0 saturated carbocycles. The average molecular weight is 240 g/mol. The quantitative estimate of drug-likeness (QED) is 0.816. The van der Waals surface area contributed by atoms with Crippen molar-refractivity contribution in [1.29, 1.82) is 0 Å². The van der Waals surface area contributed by atoms with Gasteiger partial charge < -0.3 is 10.6 Å². The standard InChI is InChI=1S/C11H13FN2OS/c1-7(10(13)16)14(2)11(15)8-3-5-9(12)6-4-8/h3-7H,1-2H3,(H2,13,16). The van der Waals surface area contributed by atoms with E-state index in [1.807, 2.05) is 0 Å². The van der Waals surface area contributed by atoms with Crippen LogP contribution in [0.5, 0.6) is 0 Å². The van der Waals surface area contributed by atoms with Gasteiger partial charge in [0, 0.05) is 12.6 Å². The summed E-state index contributed by atoms with van der Waals surface area (Å²) < 4.78 is 12.7. The smallest absolute Gasteiger partial charge is 0.254 e. The van der Waals surface area contributed by atoms with Crippen LogP contribution in [0.3, 0.4) is 0 Å². The van der Waals surface area contributed by atoms with Crippen molar-refractivity contribution in [2.45, 2.75) is 13.0 Å². The number of carbonyl (C=O) groups excluding carboxylic acids is 1. The molecule has 0 radical (unpaired) electrons. The molecule has 0 fully saturated rings. The number of thiocarbonyl (C=S) groups is 1. The Labute approximate surface area is 99.0 Å². The van der Waals surface area contributed by atoms with E-state index < -0.39 is 0 Å². The van der Waals surface area contributed by atoms with Gasteiger partial charge >= 0.3 is 0 Å². The van der Waals surface area contributed by atoms with E-state index in [0.717, 1.165) is 0 Å². The van der Waals surface area contributed by atoms with E-state index >= 15 is 0 Å². The molecule has 0 spiro atoms. The van der Waals surface area contributed by atoms with Crippen molar-refractivity contribution in [2.24, 2.45) is 5.73 Å². The number of nitrogens with zero attached hydrogens (tertiary/aromatic N) is 1. The summed E-state index contributed by atoms with van der Waals surface area (Å²) in [5.41, 5.74) is 5.86. The molecule has 1 rings (SSSR count). The number of carbonyl (C=O) groups is 1. The lowest BCUT2D eigenvalue weighted by Gasteiger charge is -2.23. The van der Waals surface area contributed by atoms with Crippen LogP contribution in [0.2, 0.25) is 0 Å². The van der Waals surface area contributed by atoms with Gasteiger partial charge in [-0.2, -0.15) is 0 Å². The molecule has 3 nitrogen and oxygen atoms in total. The van der Waals surface area contributed by atoms with Crippen LogP contribution in [0.1, 0.15) is 17.3 Å². The number of likely N-dealkylation sites (N-methyl/N-ethyl adjacent to an activating group) is 1. The second-order valence-electron chi connectivity index (χ2n) is 3.50. The number of benzene rings is 1. The number of hydrogen-bond acceptors (Lipinski definition) is 2. The van der Waals surface area contributed by atoms with Crippen LogP contribution in [-0.2, 0) is 0 Å². The molecule has 16 heavy (non-hydrogen) atoms. The molecule has 1 amide bonds. The molecule has 1 unspecified atom stereocenters. The summed E-state index contributed by atoms with van der Waals surface area (Å²) in [7, 11) is 1.61. The van der Waals surface area contributed by atoms with E-state index in [-0.39, 0.29) is 22.8 Å². The first-order valence-corrected chi connectivity index (χ1v) is 5.16. The van der Waals surface area contributed by atoms with Gasteiger partial charge in [0.05, 0.1) is 11.0 Å². The average Bonchev–Trinajstić information content (AvgIpc) is 2.27. The summed E-state index contributed by atoms with van der Waals surface area (Å²) in [5.74, 6) is -0.609. The van der Waals surface area contributed by atoms with Gasteiger partial charge in [-0.3, -0.25) is 4.79 Å². The molecule has 0 heterocycles. The van der Waals surface area contributed by atoms with E-state index in [0.29, 0.717) is 5.56 Å². The Morgan fingerprint density at radius 2 is 1.94 bits per heavy atom. The third kappa shape index (κ3) is 2.76. The molecular weight excluding hydrogens is 227 g/mol. The second-order valence-corrected chi connectivity index (χ2v) is 3.97. The van der Waals surface area contributed by atoms with Gasteiger partial charge in [-0.15, -0.1) is 0 Å². The first kappa shape index (κ1) is 12.6. The van der Waals surface area contributed by atoms with Crippen molar-refractivity contribution in [3.63, 3.8) is 0 Å². The zero-order chi connectivity index (χ0) is 12.3. The van der Waals surface area contributed by atoms with E-state index in [1.165, 1.54) is 29.2 Å². The van der Waals surface area contributed by atoms with E-state index in [4.69, 9.17) is 18.0 Å². The Morgan fingerprint density at radius 3 is 2.38 bits per heavy atom. The molecule has 0 aliphatic heterocycles. The van der Waals surface area contributed by atoms with Gasteiger partial charge in [0.1, 0.15) is 5.82 Å². The molecule has 1 atom stereocenters. The van der Waals surface area contributed by atoms with Crippen LogP contribution in [0.15, 0.2) is 24.3 Å². The first-order chi connectivity index (χ1) is 7.43. The van der Waals surface area contributed by atoms with Crippen molar-refractivity contribution in [1.82, 2.24) is 4.90 Å². The minimum Gasteiger partial charge on any atom is -0.392 e. The van der Waals surface area contributed by atoms with Crippen molar-refractivity contribution in [2.75, 3.05) is 7.05 Å². The summed E-state index contributed by atoms with van der Waals surface area (Å²) in [6.07, 6.45) is 0. The summed E-state index contributed by atoms with van der Waals surface area (Å²) in [6, 6.07) is 5.02. The van der Waals surface area contributed by atoms with Crippen LogP contribution < -0.4 is 5.73 Å². The summed E-state index contributed by atoms with van der Waals surface area (Å²) in [4.78, 5) is 13.6. The van der Waals surface area contributed by atoms with E-state index in [1.54, 1.807) is 14.0 Å². The van der Waals surface area contributed by atoms with Gasteiger partial charge in [0.25, 0.3) is 5.91 Å². The van der Waals surface area contributed by atoms with Gasteiger partial charge in [0.2, 0.25) is 0 Å². The maximum Gasteiger partial charge on any atom is 0.254 e. The SMILES string of the molecule is CC(C(N)=S)N(C)C(=O)c1ccc(F)cc1. The second kappa shape index (κ2) is 5.03. The Balaban J connectivity index is 2.86. The highest BCUT2D eigenvalue weighted by Gasteiger charge is 2.18. The molecule has 0 aliphatic carbocycles. The summed E-state index contributed by atoms with van der Waals surface area (Å²) in [5, 5.41) is 0. The number of rotatable bonds is 3. The topological polar surface area (TPSA) is 46.3 Å². The van der Waals surface area contributed by atoms with Gasteiger partial charge in [-0.05, 0) is 31.2 Å². The first-order valence-electron chi connectivity index (χ1n) is 4.75. The minimum atomic E-state index is -0.374. The Hall–Kier alpha value is -1.49. The van der Waals surface area contributed by atoms with Crippen LogP contribution in [0, 0.1) is 5.82 Å². The highest BCUT2D eigenvalue weighted by atomic mass is 32.1. The van der Waals surface area contributed by atoms with Crippen LogP contribution in [0.25, 0.3) is 0 Å². The molecule has 0 bridgehead atoms. The van der Waals surface area contributed by atoms with E-state index in [9.17, 15) is 9.18 Å². The zero-order valence-corrected chi connectivity index (χ0v) is 9.92. The maximum absolute atomic E-state index is 12.7. The highest BCUT2D eigenvalue weighted by molar-refractivity contribution is 7.80. The zero-order valence-electron chi connectivity index (χ0n) is 9.11. The van der Waals surface area contributed by atoms with Gasteiger partial charge in [-0.1, -0.05) is 12.2 Å². The van der Waals surface area contributed by atoms with Crippen molar-refractivity contribution in [3.8, 4) is 0 Å². The van der Waals surface area contributed by atoms with Gasteiger partial charge in [-0.25, -0.2) is 4.39 Å². The lowest BCUT2D eigenvalue weighted by molar-refractivity contribution is 0.0779. The maximum atomic E-state index is 12.7. The lowest BCUT2D eigenvalue weighted by Crippen LogP contribution is -2.42. The van der Waals surface area contributed by atoms with Crippen LogP contribution in [-0.4, -0.2) is 28.9 Å². The normalized spacial score (nSPS) is 11.9. The van der Waals surface area contributed by atoms with Gasteiger partial charge in [0.15, 0.2) is 0 Å². The fourth-order valence-corrected chi connectivity index (χ4v) is 1.32. The Bertz CT molecular complexity index is 405. The predicted molar refractivity (Wildman–Crippen MR) is 64.7 cm³/mol. The minimum absolute atomic E-state index is 0.236. The summed E-state index contributed by atoms with van der Waals surface area (Å²) >= 11 is 4.81. The Morgan fingerprint density at radius 1 is 1.44 bits per heavy atom. The third-order valence-corrected chi connectivity index (χ3v) is 2.75. The highest BCUT2D eigenvalue weighted by Crippen LogP contribution is 2.08. The lowest BCUT2D eigenvalue weighted by atomic mass is 10.1. The van der Waals surface area contributed by atoms with Crippen molar-refractivity contribution in [3.05, 3.63) is 35.6 Å². The number of nitrogens with two attached hydrogens (primary N) is 1. The van der Waals surface area contributed by atoms with Crippen molar-refractivity contribution < 1.29 is 9.18 Å². The Kier molecular flexibility index (Phi) is 3.95. The third-order valence-electron chi connectivity index (χ3n) is 2.40. The van der Waals surface area contributed by atoms with Crippen LogP contribution >= 0.6 is 12.2 Å². The fraction of sp³-hybridized carbons (Fsp3) is 0.273. The molecular formula is C11H13FN2OS. The molecule has 1 aromatic carbocycles. The molecule has 0 aromatic heterocycles.